The smallest absolute Gasteiger partial charge is 0.325 e. The fourth-order valence-corrected chi connectivity index (χ4v) is 3.06. The molecular formula is C13H23NO3. The van der Waals surface area contributed by atoms with E-state index in [9.17, 15) is 9.59 Å². The van der Waals surface area contributed by atoms with Crippen LogP contribution in [0.2, 0.25) is 0 Å². The van der Waals surface area contributed by atoms with Crippen molar-refractivity contribution in [2.75, 3.05) is 0 Å². The average molecular weight is 241 g/mol. The molecule has 1 rings (SSSR count). The van der Waals surface area contributed by atoms with Gasteiger partial charge in [0.05, 0.1) is 0 Å². The molecule has 1 atom stereocenters. The Morgan fingerprint density at radius 2 is 1.59 bits per heavy atom. The first kappa shape index (κ1) is 14.0. The van der Waals surface area contributed by atoms with Gasteiger partial charge in [-0.15, -0.1) is 0 Å². The lowest BCUT2D eigenvalue weighted by Crippen LogP contribution is -2.47. The zero-order valence-electron chi connectivity index (χ0n) is 11.3. The number of carboxylic acids is 1. The molecule has 0 spiro atoms. The number of carboxylic acid groups (broad SMARTS) is 1. The molecule has 1 aliphatic rings. The molecule has 98 valence electrons. The molecule has 0 saturated heterocycles. The quantitative estimate of drug-likeness (QED) is 0.794. The van der Waals surface area contributed by atoms with Gasteiger partial charge in [-0.2, -0.15) is 0 Å². The van der Waals surface area contributed by atoms with E-state index in [4.69, 9.17) is 5.11 Å². The Balaban J connectivity index is 2.83. The first-order valence-electron chi connectivity index (χ1n) is 6.11. The summed E-state index contributed by atoms with van der Waals surface area (Å²) in [5.74, 6) is -1.25. The Hall–Kier alpha value is -1.06. The summed E-state index contributed by atoms with van der Waals surface area (Å²) in [7, 11) is 0. The number of carbonyl (C=O) groups is 2. The summed E-state index contributed by atoms with van der Waals surface area (Å²) in [5.41, 5.74) is -0.127. The molecule has 4 heteroatoms. The number of aliphatic carboxylic acids is 1. The van der Waals surface area contributed by atoms with Crippen LogP contribution in [-0.2, 0) is 9.59 Å². The largest absolute Gasteiger partial charge is 0.480 e. The van der Waals surface area contributed by atoms with Crippen molar-refractivity contribution in [1.82, 2.24) is 5.32 Å². The Labute approximate surface area is 103 Å². The Bertz CT molecular complexity index is 318. The summed E-state index contributed by atoms with van der Waals surface area (Å²) in [4.78, 5) is 23.0. The van der Waals surface area contributed by atoms with Crippen molar-refractivity contribution in [3.8, 4) is 0 Å². The summed E-state index contributed by atoms with van der Waals surface area (Å²) in [5, 5.41) is 11.4. The van der Waals surface area contributed by atoms with Gasteiger partial charge in [-0.3, -0.25) is 9.59 Å². The fourth-order valence-electron chi connectivity index (χ4n) is 3.06. The average Bonchev–Trinajstić information content (AvgIpc) is 2.35. The Kier molecular flexibility index (Phi) is 3.55. The van der Waals surface area contributed by atoms with Crippen LogP contribution in [0.1, 0.15) is 47.5 Å². The molecule has 17 heavy (non-hydrogen) atoms. The van der Waals surface area contributed by atoms with E-state index in [0.717, 1.165) is 12.8 Å². The first-order chi connectivity index (χ1) is 7.58. The van der Waals surface area contributed by atoms with Crippen LogP contribution in [0.25, 0.3) is 0 Å². The molecule has 1 fully saturated rings. The summed E-state index contributed by atoms with van der Waals surface area (Å²) in [6, 6.07) is -0.824. The van der Waals surface area contributed by atoms with Crippen LogP contribution in [0.3, 0.4) is 0 Å². The zero-order valence-corrected chi connectivity index (χ0v) is 11.3. The summed E-state index contributed by atoms with van der Waals surface area (Å²) in [6.45, 7) is 9.82. The number of carbonyl (C=O) groups excluding carboxylic acids is 1. The lowest BCUT2D eigenvalue weighted by molar-refractivity contribution is -0.143. The lowest BCUT2D eigenvalue weighted by Gasteiger charge is -2.34. The number of amides is 1. The maximum absolute atomic E-state index is 12.2. The van der Waals surface area contributed by atoms with Crippen molar-refractivity contribution in [2.45, 2.75) is 53.5 Å². The first-order valence-corrected chi connectivity index (χ1v) is 6.11. The van der Waals surface area contributed by atoms with E-state index in [1.165, 1.54) is 6.92 Å². The monoisotopic (exact) mass is 241 g/mol. The molecule has 0 heterocycles. The van der Waals surface area contributed by atoms with Crippen molar-refractivity contribution < 1.29 is 14.7 Å². The molecule has 0 unspecified atom stereocenters. The van der Waals surface area contributed by atoms with Crippen LogP contribution in [-0.4, -0.2) is 23.0 Å². The molecule has 0 radical (unpaired) electrons. The normalized spacial score (nSPS) is 24.3. The number of hydrogen-bond donors (Lipinski definition) is 2. The minimum Gasteiger partial charge on any atom is -0.480 e. The lowest BCUT2D eigenvalue weighted by atomic mass is 9.72. The third kappa shape index (κ3) is 2.79. The molecule has 1 amide bonds. The van der Waals surface area contributed by atoms with Gasteiger partial charge in [0.15, 0.2) is 0 Å². The van der Waals surface area contributed by atoms with Gasteiger partial charge in [0.2, 0.25) is 5.91 Å². The van der Waals surface area contributed by atoms with Crippen molar-refractivity contribution in [2.24, 2.45) is 16.7 Å². The Morgan fingerprint density at radius 3 is 1.94 bits per heavy atom. The van der Waals surface area contributed by atoms with Gasteiger partial charge in [0, 0.05) is 5.92 Å². The molecule has 0 aromatic heterocycles. The van der Waals surface area contributed by atoms with Crippen molar-refractivity contribution in [1.29, 1.82) is 0 Å². The summed E-state index contributed by atoms with van der Waals surface area (Å²) in [6.07, 6.45) is 2.00. The topological polar surface area (TPSA) is 66.4 Å². The maximum atomic E-state index is 12.2. The second-order valence-electron chi connectivity index (χ2n) is 6.48. The van der Waals surface area contributed by atoms with Crippen molar-refractivity contribution in [3.05, 3.63) is 0 Å². The van der Waals surface area contributed by atoms with Crippen LogP contribution in [0, 0.1) is 16.7 Å². The molecule has 0 aromatic rings. The van der Waals surface area contributed by atoms with Crippen molar-refractivity contribution >= 4 is 11.9 Å². The van der Waals surface area contributed by atoms with Gasteiger partial charge in [0.1, 0.15) is 6.04 Å². The number of nitrogens with one attached hydrogen (secondary N) is 1. The summed E-state index contributed by atoms with van der Waals surface area (Å²) < 4.78 is 0. The molecule has 1 saturated carbocycles. The van der Waals surface area contributed by atoms with E-state index >= 15 is 0 Å². The van der Waals surface area contributed by atoms with Gasteiger partial charge >= 0.3 is 5.97 Å². The second-order valence-corrected chi connectivity index (χ2v) is 6.48. The molecule has 0 aromatic carbocycles. The summed E-state index contributed by atoms with van der Waals surface area (Å²) >= 11 is 0. The maximum Gasteiger partial charge on any atom is 0.325 e. The van der Waals surface area contributed by atoms with Gasteiger partial charge in [-0.05, 0) is 30.6 Å². The molecule has 0 aliphatic heterocycles. The van der Waals surface area contributed by atoms with Gasteiger partial charge < -0.3 is 10.4 Å². The predicted octanol–water partition coefficient (Wildman–Crippen LogP) is 2.04. The van der Waals surface area contributed by atoms with Gasteiger partial charge in [-0.1, -0.05) is 27.7 Å². The second kappa shape index (κ2) is 4.31. The third-order valence-electron chi connectivity index (χ3n) is 3.97. The number of rotatable bonds is 3. The number of hydrogen-bond acceptors (Lipinski definition) is 2. The van der Waals surface area contributed by atoms with E-state index < -0.39 is 12.0 Å². The van der Waals surface area contributed by atoms with E-state index in [0.29, 0.717) is 0 Å². The molecular weight excluding hydrogens is 218 g/mol. The molecule has 0 bridgehead atoms. The van der Waals surface area contributed by atoms with Gasteiger partial charge in [-0.25, -0.2) is 0 Å². The minimum atomic E-state index is -0.994. The van der Waals surface area contributed by atoms with Crippen LogP contribution in [0.4, 0.5) is 0 Å². The molecule has 4 nitrogen and oxygen atoms in total. The van der Waals surface area contributed by atoms with Crippen LogP contribution in [0.5, 0.6) is 0 Å². The van der Waals surface area contributed by atoms with E-state index in [2.05, 4.69) is 33.0 Å². The highest BCUT2D eigenvalue weighted by Crippen LogP contribution is 2.53. The predicted molar refractivity (Wildman–Crippen MR) is 65.5 cm³/mol. The van der Waals surface area contributed by atoms with E-state index in [-0.39, 0.29) is 22.7 Å². The zero-order chi connectivity index (χ0) is 13.4. The molecule has 2 N–H and O–H groups in total. The van der Waals surface area contributed by atoms with E-state index in [1.54, 1.807) is 0 Å². The SMILES string of the molecule is C[C@H](NC(=O)C1C(C)(C)CCC1(C)C)C(=O)O. The van der Waals surface area contributed by atoms with Crippen molar-refractivity contribution in [3.63, 3.8) is 0 Å². The molecule has 1 aliphatic carbocycles. The Morgan fingerprint density at radius 1 is 1.18 bits per heavy atom. The minimum absolute atomic E-state index is 0.0637. The van der Waals surface area contributed by atoms with E-state index in [1.807, 2.05) is 0 Å². The third-order valence-corrected chi connectivity index (χ3v) is 3.97. The highest BCUT2D eigenvalue weighted by Gasteiger charge is 2.51. The standard InChI is InChI=1S/C13H23NO3/c1-8(11(16)17)14-10(15)9-12(2,3)6-7-13(9,4)5/h8-9H,6-7H2,1-5H3,(H,14,15)(H,16,17)/t8-/m0/s1. The van der Waals surface area contributed by atoms with Crippen LogP contribution < -0.4 is 5.32 Å². The highest BCUT2D eigenvalue weighted by molar-refractivity contribution is 5.85. The van der Waals surface area contributed by atoms with Crippen LogP contribution in [0.15, 0.2) is 0 Å². The van der Waals surface area contributed by atoms with Gasteiger partial charge in [0.25, 0.3) is 0 Å². The van der Waals surface area contributed by atoms with Crippen LogP contribution >= 0.6 is 0 Å². The fraction of sp³-hybridized carbons (Fsp3) is 0.846. The highest BCUT2D eigenvalue weighted by atomic mass is 16.4.